The molecular formula is C23H30N2O5S. The molecule has 2 aromatic carbocycles. The van der Waals surface area contributed by atoms with Crippen LogP contribution in [0.15, 0.2) is 41.3 Å². The first-order chi connectivity index (χ1) is 14.8. The maximum atomic E-state index is 12.9. The number of ether oxygens (including phenoxy) is 2. The standard InChI is InChI=1S/C23H30N2O5S/c1-5-21(30-18-9-8-16(2)17(3)14-18)23(26)24-20-15-19(10-11-22(20)29-4)31(27,28)25-12-6-7-13-25/h8-11,14-15,21H,5-7,12-13H2,1-4H3,(H,24,26)/t21-/m0/s1. The molecular weight excluding hydrogens is 416 g/mol. The topological polar surface area (TPSA) is 84.9 Å². The first-order valence-corrected chi connectivity index (χ1v) is 11.9. The molecule has 7 nitrogen and oxygen atoms in total. The first-order valence-electron chi connectivity index (χ1n) is 10.5. The predicted molar refractivity (Wildman–Crippen MR) is 120 cm³/mol. The zero-order valence-electron chi connectivity index (χ0n) is 18.5. The molecule has 1 N–H and O–H groups in total. The van der Waals surface area contributed by atoms with E-state index < -0.39 is 16.1 Å². The molecule has 1 aliphatic rings. The summed E-state index contributed by atoms with van der Waals surface area (Å²) in [4.78, 5) is 13.1. The molecule has 168 valence electrons. The summed E-state index contributed by atoms with van der Waals surface area (Å²) in [6, 6.07) is 10.2. The SMILES string of the molecule is CC[C@H](Oc1ccc(C)c(C)c1)C(=O)Nc1cc(S(=O)(=O)N2CCCC2)ccc1OC. The van der Waals surface area contributed by atoms with E-state index >= 15 is 0 Å². The summed E-state index contributed by atoms with van der Waals surface area (Å²) in [6.45, 7) is 6.88. The maximum Gasteiger partial charge on any atom is 0.265 e. The molecule has 2 aromatic rings. The molecule has 0 aromatic heterocycles. The molecule has 0 aliphatic carbocycles. The second kappa shape index (κ2) is 9.70. The molecule has 0 unspecified atom stereocenters. The summed E-state index contributed by atoms with van der Waals surface area (Å²) < 4.78 is 38.5. The molecule has 31 heavy (non-hydrogen) atoms. The highest BCUT2D eigenvalue weighted by atomic mass is 32.2. The van der Waals surface area contributed by atoms with Crippen LogP contribution in [-0.4, -0.2) is 44.9 Å². The fraction of sp³-hybridized carbons (Fsp3) is 0.435. The number of rotatable bonds is 8. The smallest absolute Gasteiger partial charge is 0.265 e. The number of methoxy groups -OCH3 is 1. The largest absolute Gasteiger partial charge is 0.495 e. The van der Waals surface area contributed by atoms with Crippen molar-refractivity contribution in [2.24, 2.45) is 0 Å². The zero-order valence-corrected chi connectivity index (χ0v) is 19.3. The predicted octanol–water partition coefficient (Wildman–Crippen LogP) is 3.89. The molecule has 1 fully saturated rings. The maximum absolute atomic E-state index is 12.9. The van der Waals surface area contributed by atoms with Gasteiger partial charge in [-0.3, -0.25) is 4.79 Å². The third kappa shape index (κ3) is 5.19. The highest BCUT2D eigenvalue weighted by molar-refractivity contribution is 7.89. The van der Waals surface area contributed by atoms with Gasteiger partial charge in [-0.15, -0.1) is 0 Å². The third-order valence-corrected chi connectivity index (χ3v) is 7.45. The van der Waals surface area contributed by atoms with Crippen molar-refractivity contribution >= 4 is 21.6 Å². The number of nitrogens with zero attached hydrogens (tertiary/aromatic N) is 1. The van der Waals surface area contributed by atoms with Crippen LogP contribution in [-0.2, 0) is 14.8 Å². The number of carbonyl (C=O) groups is 1. The van der Waals surface area contributed by atoms with Gasteiger partial charge >= 0.3 is 0 Å². The van der Waals surface area contributed by atoms with E-state index in [4.69, 9.17) is 9.47 Å². The molecule has 1 aliphatic heterocycles. The van der Waals surface area contributed by atoms with Gasteiger partial charge in [0, 0.05) is 13.1 Å². The van der Waals surface area contributed by atoms with Crippen molar-refractivity contribution in [3.63, 3.8) is 0 Å². The Morgan fingerprint density at radius 1 is 1.10 bits per heavy atom. The number of hydrogen-bond donors (Lipinski definition) is 1. The molecule has 8 heteroatoms. The van der Waals surface area contributed by atoms with Gasteiger partial charge in [-0.25, -0.2) is 8.42 Å². The molecule has 1 saturated heterocycles. The van der Waals surface area contributed by atoms with Crippen molar-refractivity contribution in [1.82, 2.24) is 4.31 Å². The van der Waals surface area contributed by atoms with Crippen LogP contribution < -0.4 is 14.8 Å². The Balaban J connectivity index is 1.82. The average molecular weight is 447 g/mol. The van der Waals surface area contributed by atoms with Crippen LogP contribution in [0.3, 0.4) is 0 Å². The van der Waals surface area contributed by atoms with E-state index in [1.807, 2.05) is 39.0 Å². The Labute approximate surface area is 184 Å². The Morgan fingerprint density at radius 2 is 1.81 bits per heavy atom. The number of hydrogen-bond acceptors (Lipinski definition) is 5. The van der Waals surface area contributed by atoms with Crippen LogP contribution in [0, 0.1) is 13.8 Å². The van der Waals surface area contributed by atoms with Crippen molar-refractivity contribution in [1.29, 1.82) is 0 Å². The summed E-state index contributed by atoms with van der Waals surface area (Å²) in [5.74, 6) is 0.631. The number of sulfonamides is 1. The highest BCUT2D eigenvalue weighted by Crippen LogP contribution is 2.30. The minimum atomic E-state index is -3.61. The number of anilines is 1. The lowest BCUT2D eigenvalue weighted by atomic mass is 10.1. The molecule has 1 atom stereocenters. The lowest BCUT2D eigenvalue weighted by Crippen LogP contribution is -2.32. The van der Waals surface area contributed by atoms with Crippen LogP contribution in [0.4, 0.5) is 5.69 Å². The Bertz CT molecular complexity index is 1050. The van der Waals surface area contributed by atoms with E-state index in [1.165, 1.54) is 23.5 Å². The quantitative estimate of drug-likeness (QED) is 0.665. The summed E-state index contributed by atoms with van der Waals surface area (Å²) >= 11 is 0. The minimum absolute atomic E-state index is 0.133. The lowest BCUT2D eigenvalue weighted by Gasteiger charge is -2.20. The van der Waals surface area contributed by atoms with Crippen LogP contribution in [0.25, 0.3) is 0 Å². The monoisotopic (exact) mass is 446 g/mol. The van der Waals surface area contributed by atoms with Crippen molar-refractivity contribution in [3.05, 3.63) is 47.5 Å². The number of amides is 1. The van der Waals surface area contributed by atoms with Crippen molar-refractivity contribution in [3.8, 4) is 11.5 Å². The van der Waals surface area contributed by atoms with E-state index in [0.29, 0.717) is 36.7 Å². The van der Waals surface area contributed by atoms with E-state index in [0.717, 1.165) is 24.0 Å². The Kier molecular flexibility index (Phi) is 7.23. The van der Waals surface area contributed by atoms with Crippen LogP contribution in [0.1, 0.15) is 37.3 Å². The van der Waals surface area contributed by atoms with E-state index in [-0.39, 0.29) is 10.8 Å². The van der Waals surface area contributed by atoms with Gasteiger partial charge in [-0.2, -0.15) is 4.31 Å². The molecule has 1 heterocycles. The van der Waals surface area contributed by atoms with Gasteiger partial charge in [-0.1, -0.05) is 13.0 Å². The van der Waals surface area contributed by atoms with Crippen molar-refractivity contribution in [2.75, 3.05) is 25.5 Å². The van der Waals surface area contributed by atoms with Gasteiger partial charge in [0.25, 0.3) is 5.91 Å². The zero-order chi connectivity index (χ0) is 22.6. The van der Waals surface area contributed by atoms with Gasteiger partial charge in [0.1, 0.15) is 11.5 Å². The minimum Gasteiger partial charge on any atom is -0.495 e. The number of nitrogens with one attached hydrogen (secondary N) is 1. The Hall–Kier alpha value is -2.58. The molecule has 0 spiro atoms. The summed E-state index contributed by atoms with van der Waals surface area (Å²) in [5.41, 5.74) is 2.52. The summed E-state index contributed by atoms with van der Waals surface area (Å²) in [7, 11) is -2.14. The summed E-state index contributed by atoms with van der Waals surface area (Å²) in [5, 5.41) is 2.79. The number of benzene rings is 2. The highest BCUT2D eigenvalue weighted by Gasteiger charge is 2.28. The molecule has 1 amide bonds. The summed E-state index contributed by atoms with van der Waals surface area (Å²) in [6.07, 6.45) is 1.43. The molecule has 0 bridgehead atoms. The van der Waals surface area contributed by atoms with Crippen LogP contribution >= 0.6 is 0 Å². The first kappa shape index (κ1) is 23.1. The number of aryl methyl sites for hydroxylation is 2. The van der Waals surface area contributed by atoms with E-state index in [2.05, 4.69) is 5.32 Å². The van der Waals surface area contributed by atoms with Gasteiger partial charge in [-0.05, 0) is 74.6 Å². The molecule has 0 saturated carbocycles. The molecule has 3 rings (SSSR count). The normalized spacial score (nSPS) is 15.5. The third-order valence-electron chi connectivity index (χ3n) is 5.55. The van der Waals surface area contributed by atoms with Gasteiger partial charge in [0.05, 0.1) is 17.7 Å². The van der Waals surface area contributed by atoms with Gasteiger partial charge < -0.3 is 14.8 Å². The molecule has 0 radical (unpaired) electrons. The van der Waals surface area contributed by atoms with E-state index in [9.17, 15) is 13.2 Å². The van der Waals surface area contributed by atoms with Crippen molar-refractivity contribution < 1.29 is 22.7 Å². The second-order valence-electron chi connectivity index (χ2n) is 7.72. The van der Waals surface area contributed by atoms with Gasteiger partial charge in [0.2, 0.25) is 10.0 Å². The van der Waals surface area contributed by atoms with Crippen molar-refractivity contribution in [2.45, 2.75) is 51.0 Å². The fourth-order valence-electron chi connectivity index (χ4n) is 3.51. The number of carbonyl (C=O) groups excluding carboxylic acids is 1. The van der Waals surface area contributed by atoms with E-state index in [1.54, 1.807) is 6.07 Å². The second-order valence-corrected chi connectivity index (χ2v) is 9.66. The van der Waals surface area contributed by atoms with Crippen LogP contribution in [0.5, 0.6) is 11.5 Å². The Morgan fingerprint density at radius 3 is 2.42 bits per heavy atom. The average Bonchev–Trinajstić information content (AvgIpc) is 3.30. The fourth-order valence-corrected chi connectivity index (χ4v) is 5.05. The van der Waals surface area contributed by atoms with Crippen LogP contribution in [0.2, 0.25) is 0 Å². The van der Waals surface area contributed by atoms with Gasteiger partial charge in [0.15, 0.2) is 6.10 Å². The lowest BCUT2D eigenvalue weighted by molar-refractivity contribution is -0.122.